The van der Waals surface area contributed by atoms with Crippen LogP contribution in [-0.4, -0.2) is 12.8 Å². The van der Waals surface area contributed by atoms with E-state index in [-0.39, 0.29) is 0 Å². The summed E-state index contributed by atoms with van der Waals surface area (Å²) in [5, 5.41) is 0. The maximum Gasteiger partial charge on any atom is 0.0423 e. The van der Waals surface area contributed by atoms with Crippen molar-refractivity contribution in [1.29, 1.82) is 0 Å². The molecule has 0 amide bonds. The minimum absolute atomic E-state index is 0.898. The predicted molar refractivity (Wildman–Crippen MR) is 45.4 cm³/mol. The minimum atomic E-state index is 0.898. The molecule has 1 rings (SSSR count). The van der Waals surface area contributed by atoms with Gasteiger partial charge in [-0.05, 0) is 12.5 Å². The first-order valence-electron chi connectivity index (χ1n) is 3.48. The Bertz CT molecular complexity index is 163. The van der Waals surface area contributed by atoms with E-state index in [4.69, 9.17) is 0 Å². The van der Waals surface area contributed by atoms with Crippen molar-refractivity contribution < 1.29 is 0 Å². The number of hydrogen-bond donors (Lipinski definition) is 0. The Morgan fingerprint density at radius 1 is 0.900 bits per heavy atom. The maximum atomic E-state index is 4.14. The Hall–Kier alpha value is -1.11. The number of hydrogen-bond acceptors (Lipinski definition) is 1. The van der Waals surface area contributed by atoms with E-state index in [2.05, 4.69) is 11.1 Å². The molecule has 0 atom stereocenters. The normalized spacial score (nSPS) is 17.6. The molecular weight excluding hydrogens is 122 g/mol. The molecule has 52 valence electrons. The topological polar surface area (TPSA) is 12.4 Å². The third-order valence-corrected chi connectivity index (χ3v) is 1.20. The highest BCUT2D eigenvalue weighted by atomic mass is 14.7. The van der Waals surface area contributed by atoms with Crippen LogP contribution in [-0.2, 0) is 0 Å². The molecule has 0 saturated heterocycles. The standard InChI is InChI=1S/C9H11N/c1-2-4-6-8-10-9-7-5-3-1/h1-6,8H,7,9H2. The van der Waals surface area contributed by atoms with Gasteiger partial charge in [0, 0.05) is 12.8 Å². The summed E-state index contributed by atoms with van der Waals surface area (Å²) in [5.74, 6) is 0. The zero-order chi connectivity index (χ0) is 7.07. The molecule has 0 N–H and O–H groups in total. The van der Waals surface area contributed by atoms with E-state index in [9.17, 15) is 0 Å². The summed E-state index contributed by atoms with van der Waals surface area (Å²) in [4.78, 5) is 4.14. The first-order chi connectivity index (χ1) is 5.00. The highest BCUT2D eigenvalue weighted by Gasteiger charge is 1.75. The van der Waals surface area contributed by atoms with Crippen LogP contribution in [0.2, 0.25) is 0 Å². The van der Waals surface area contributed by atoms with Gasteiger partial charge >= 0.3 is 0 Å². The molecule has 1 heterocycles. The van der Waals surface area contributed by atoms with Gasteiger partial charge in [0.2, 0.25) is 0 Å². The molecule has 1 aliphatic rings. The van der Waals surface area contributed by atoms with Crippen molar-refractivity contribution in [3.05, 3.63) is 36.5 Å². The van der Waals surface area contributed by atoms with E-state index in [0.29, 0.717) is 0 Å². The summed E-state index contributed by atoms with van der Waals surface area (Å²) >= 11 is 0. The fourth-order valence-electron chi connectivity index (χ4n) is 0.701. The van der Waals surface area contributed by atoms with Crippen LogP contribution in [0.25, 0.3) is 0 Å². The van der Waals surface area contributed by atoms with Crippen LogP contribution >= 0.6 is 0 Å². The van der Waals surface area contributed by atoms with Gasteiger partial charge in [-0.2, -0.15) is 0 Å². The smallest absolute Gasteiger partial charge is 0.0423 e. The molecule has 0 fully saturated rings. The fourth-order valence-corrected chi connectivity index (χ4v) is 0.701. The van der Waals surface area contributed by atoms with Gasteiger partial charge in [-0.3, -0.25) is 4.99 Å². The van der Waals surface area contributed by atoms with Gasteiger partial charge in [0.25, 0.3) is 0 Å². The maximum absolute atomic E-state index is 4.14. The quantitative estimate of drug-likeness (QED) is 0.480. The van der Waals surface area contributed by atoms with E-state index in [1.165, 1.54) is 0 Å². The second kappa shape index (κ2) is 4.74. The van der Waals surface area contributed by atoms with Gasteiger partial charge < -0.3 is 0 Å². The van der Waals surface area contributed by atoms with Crippen molar-refractivity contribution >= 4 is 6.21 Å². The van der Waals surface area contributed by atoms with Crippen LogP contribution < -0.4 is 0 Å². The molecule has 1 aliphatic heterocycles. The average molecular weight is 133 g/mol. The molecule has 1 nitrogen and oxygen atoms in total. The van der Waals surface area contributed by atoms with Crippen LogP contribution in [0, 0.1) is 0 Å². The molecular formula is C9H11N. The second-order valence-electron chi connectivity index (χ2n) is 2.04. The Labute approximate surface area is 61.5 Å². The van der Waals surface area contributed by atoms with E-state index >= 15 is 0 Å². The van der Waals surface area contributed by atoms with Crippen molar-refractivity contribution in [3.8, 4) is 0 Å². The molecule has 0 radical (unpaired) electrons. The largest absolute Gasteiger partial charge is 0.293 e. The predicted octanol–water partition coefficient (Wildman–Crippen LogP) is 2.13. The van der Waals surface area contributed by atoms with Crippen LogP contribution in [0.3, 0.4) is 0 Å². The first kappa shape index (κ1) is 7.00. The monoisotopic (exact) mass is 133 g/mol. The van der Waals surface area contributed by atoms with Crippen molar-refractivity contribution in [2.75, 3.05) is 6.54 Å². The molecule has 0 saturated carbocycles. The minimum Gasteiger partial charge on any atom is -0.293 e. The third kappa shape index (κ3) is 3.02. The second-order valence-corrected chi connectivity index (χ2v) is 2.04. The first-order valence-corrected chi connectivity index (χ1v) is 3.48. The number of allylic oxidation sites excluding steroid dienone is 5. The lowest BCUT2D eigenvalue weighted by Crippen LogP contribution is -1.77. The molecule has 0 aliphatic carbocycles. The average Bonchev–Trinajstić information content (AvgIpc) is 2.01. The van der Waals surface area contributed by atoms with E-state index in [1.54, 1.807) is 0 Å². The highest BCUT2D eigenvalue weighted by molar-refractivity contribution is 5.71. The Kier molecular flexibility index (Phi) is 3.32. The molecule has 0 aromatic rings. The zero-order valence-corrected chi connectivity index (χ0v) is 5.90. The van der Waals surface area contributed by atoms with Crippen molar-refractivity contribution in [2.45, 2.75) is 6.42 Å². The van der Waals surface area contributed by atoms with E-state index in [1.807, 2.05) is 36.6 Å². The van der Waals surface area contributed by atoms with Crippen molar-refractivity contribution in [2.24, 2.45) is 4.99 Å². The fraction of sp³-hybridized carbons (Fsp3) is 0.222. The van der Waals surface area contributed by atoms with Gasteiger partial charge in [-0.25, -0.2) is 0 Å². The number of rotatable bonds is 0. The Morgan fingerprint density at radius 2 is 1.70 bits per heavy atom. The van der Waals surface area contributed by atoms with Crippen molar-refractivity contribution in [1.82, 2.24) is 0 Å². The molecule has 0 spiro atoms. The molecule has 10 heavy (non-hydrogen) atoms. The van der Waals surface area contributed by atoms with Crippen LogP contribution in [0.15, 0.2) is 41.4 Å². The Balaban J connectivity index is 2.53. The lowest BCUT2D eigenvalue weighted by Gasteiger charge is -1.85. The van der Waals surface area contributed by atoms with Gasteiger partial charge in [0.15, 0.2) is 0 Å². The molecule has 0 aromatic heterocycles. The number of aliphatic imine (C=N–C) groups is 1. The van der Waals surface area contributed by atoms with Crippen LogP contribution in [0.1, 0.15) is 6.42 Å². The summed E-state index contributed by atoms with van der Waals surface area (Å²) in [7, 11) is 0. The van der Waals surface area contributed by atoms with Gasteiger partial charge in [0.1, 0.15) is 0 Å². The lowest BCUT2D eigenvalue weighted by molar-refractivity contribution is 1.01. The number of nitrogens with zero attached hydrogens (tertiary/aromatic N) is 1. The summed E-state index contributed by atoms with van der Waals surface area (Å²) in [6.45, 7) is 0.898. The van der Waals surface area contributed by atoms with E-state index < -0.39 is 0 Å². The molecule has 0 bridgehead atoms. The Morgan fingerprint density at radius 3 is 2.70 bits per heavy atom. The molecule has 1 heteroatoms. The van der Waals surface area contributed by atoms with Gasteiger partial charge in [0.05, 0.1) is 0 Å². The summed E-state index contributed by atoms with van der Waals surface area (Å²) in [5.41, 5.74) is 0. The summed E-state index contributed by atoms with van der Waals surface area (Å²) in [6.07, 6.45) is 15.0. The van der Waals surface area contributed by atoms with Gasteiger partial charge in [-0.15, -0.1) is 0 Å². The summed E-state index contributed by atoms with van der Waals surface area (Å²) in [6, 6.07) is 0. The van der Waals surface area contributed by atoms with Gasteiger partial charge in [-0.1, -0.05) is 30.4 Å². The summed E-state index contributed by atoms with van der Waals surface area (Å²) < 4.78 is 0. The van der Waals surface area contributed by atoms with E-state index in [0.717, 1.165) is 13.0 Å². The van der Waals surface area contributed by atoms with Crippen molar-refractivity contribution in [3.63, 3.8) is 0 Å². The SMILES string of the molecule is C1=CC=CCCN=CC=C1. The molecule has 0 unspecified atom stereocenters. The molecule has 0 aromatic carbocycles. The van der Waals surface area contributed by atoms with Crippen LogP contribution in [0.5, 0.6) is 0 Å². The zero-order valence-electron chi connectivity index (χ0n) is 5.90. The van der Waals surface area contributed by atoms with Crippen LogP contribution in [0.4, 0.5) is 0 Å². The highest BCUT2D eigenvalue weighted by Crippen LogP contribution is 1.88. The lowest BCUT2D eigenvalue weighted by atomic mass is 10.3. The third-order valence-electron chi connectivity index (χ3n) is 1.20.